The van der Waals surface area contributed by atoms with Crippen LogP contribution in [-0.4, -0.2) is 35.5 Å². The fraction of sp³-hybridized carbons (Fsp3) is 0.286. The lowest BCUT2D eigenvalue weighted by Crippen LogP contribution is -2.26. The molecule has 0 aliphatic carbocycles. The van der Waals surface area contributed by atoms with E-state index in [-0.39, 0.29) is 5.91 Å². The summed E-state index contributed by atoms with van der Waals surface area (Å²) in [5, 5.41) is 11.5. The van der Waals surface area contributed by atoms with Crippen molar-refractivity contribution in [3.05, 3.63) is 41.0 Å². The molecule has 0 atom stereocenters. The molecular weight excluding hydrogens is 262 g/mol. The standard InChI is InChI=1S/C14H17NO3S/c1-10-11(6-7-13(16)17)4-3-5-12(10)14(18)15-8-9-19-2/h3-7H,8-9H2,1-2H3,(H,15,18)(H,16,17). The van der Waals surface area contributed by atoms with Crippen LogP contribution in [0.25, 0.3) is 6.08 Å². The lowest BCUT2D eigenvalue weighted by atomic mass is 10.0. The smallest absolute Gasteiger partial charge is 0.328 e. The molecule has 1 aromatic carbocycles. The number of carboxylic acids is 1. The minimum Gasteiger partial charge on any atom is -0.478 e. The van der Waals surface area contributed by atoms with Crippen LogP contribution >= 0.6 is 11.8 Å². The molecule has 0 aliphatic heterocycles. The van der Waals surface area contributed by atoms with Crippen LogP contribution < -0.4 is 5.32 Å². The highest BCUT2D eigenvalue weighted by molar-refractivity contribution is 7.98. The highest BCUT2D eigenvalue weighted by Gasteiger charge is 2.09. The first-order valence-corrected chi connectivity index (χ1v) is 7.23. The van der Waals surface area contributed by atoms with Crippen LogP contribution in [0.1, 0.15) is 21.5 Å². The zero-order valence-corrected chi connectivity index (χ0v) is 11.8. The van der Waals surface area contributed by atoms with Crippen molar-refractivity contribution >= 4 is 29.7 Å². The molecule has 0 saturated heterocycles. The van der Waals surface area contributed by atoms with E-state index in [0.717, 1.165) is 23.0 Å². The number of carbonyl (C=O) groups excluding carboxylic acids is 1. The Morgan fingerprint density at radius 2 is 2.16 bits per heavy atom. The number of rotatable bonds is 6. The SMILES string of the molecule is CSCCNC(=O)c1cccc(C=CC(=O)O)c1C. The van der Waals surface area contributed by atoms with Gasteiger partial charge in [0, 0.05) is 23.9 Å². The summed E-state index contributed by atoms with van der Waals surface area (Å²) in [6.07, 6.45) is 4.54. The Kier molecular flexibility index (Phi) is 6.15. The number of amides is 1. The predicted octanol–water partition coefficient (Wildman–Crippen LogP) is 2.19. The van der Waals surface area contributed by atoms with Crippen molar-refractivity contribution in [2.75, 3.05) is 18.6 Å². The average molecular weight is 279 g/mol. The average Bonchev–Trinajstić information content (AvgIpc) is 2.37. The van der Waals surface area contributed by atoms with Crippen molar-refractivity contribution < 1.29 is 14.7 Å². The Morgan fingerprint density at radius 1 is 1.42 bits per heavy atom. The minimum atomic E-state index is -1.01. The molecule has 0 unspecified atom stereocenters. The molecule has 5 heteroatoms. The molecule has 0 fully saturated rings. The molecule has 0 spiro atoms. The van der Waals surface area contributed by atoms with E-state index < -0.39 is 5.97 Å². The van der Waals surface area contributed by atoms with Gasteiger partial charge in [0.1, 0.15) is 0 Å². The quantitative estimate of drug-likeness (QED) is 0.619. The van der Waals surface area contributed by atoms with Crippen LogP contribution in [-0.2, 0) is 4.79 Å². The summed E-state index contributed by atoms with van der Waals surface area (Å²) in [4.78, 5) is 22.5. The molecule has 0 heterocycles. The fourth-order valence-corrected chi connectivity index (χ4v) is 1.91. The zero-order valence-electron chi connectivity index (χ0n) is 11.0. The number of benzene rings is 1. The van der Waals surface area contributed by atoms with E-state index in [4.69, 9.17) is 5.11 Å². The molecule has 2 N–H and O–H groups in total. The maximum atomic E-state index is 12.0. The summed E-state index contributed by atoms with van der Waals surface area (Å²) in [5.41, 5.74) is 2.09. The molecular formula is C14H17NO3S. The molecule has 0 bridgehead atoms. The van der Waals surface area contributed by atoms with Gasteiger partial charge in [0.15, 0.2) is 0 Å². The first-order valence-electron chi connectivity index (χ1n) is 5.84. The molecule has 0 saturated carbocycles. The fourth-order valence-electron chi connectivity index (χ4n) is 1.60. The van der Waals surface area contributed by atoms with E-state index in [0.29, 0.717) is 12.1 Å². The van der Waals surface area contributed by atoms with Crippen molar-refractivity contribution in [2.24, 2.45) is 0 Å². The molecule has 0 aromatic heterocycles. The summed E-state index contributed by atoms with van der Waals surface area (Å²) in [7, 11) is 0. The largest absolute Gasteiger partial charge is 0.478 e. The second-order valence-corrected chi connectivity index (χ2v) is 4.93. The molecule has 1 aromatic rings. The molecule has 1 rings (SSSR count). The van der Waals surface area contributed by atoms with Gasteiger partial charge in [0.25, 0.3) is 5.91 Å². The first-order chi connectivity index (χ1) is 9.06. The summed E-state index contributed by atoms with van der Waals surface area (Å²) in [5.74, 6) is -0.269. The number of hydrogen-bond acceptors (Lipinski definition) is 3. The third-order valence-electron chi connectivity index (χ3n) is 2.62. The monoisotopic (exact) mass is 279 g/mol. The number of carboxylic acid groups (broad SMARTS) is 1. The van der Waals surface area contributed by atoms with Crippen molar-refractivity contribution in [1.82, 2.24) is 5.32 Å². The van der Waals surface area contributed by atoms with E-state index in [2.05, 4.69) is 5.32 Å². The van der Waals surface area contributed by atoms with Crippen molar-refractivity contribution in [2.45, 2.75) is 6.92 Å². The summed E-state index contributed by atoms with van der Waals surface area (Å²) in [6, 6.07) is 5.27. The van der Waals surface area contributed by atoms with Crippen molar-refractivity contribution in [1.29, 1.82) is 0 Å². The third-order valence-corrected chi connectivity index (χ3v) is 3.23. The van der Waals surface area contributed by atoms with Gasteiger partial charge in [-0.15, -0.1) is 0 Å². The van der Waals surface area contributed by atoms with E-state index in [1.807, 2.05) is 13.2 Å². The van der Waals surface area contributed by atoms with Gasteiger partial charge >= 0.3 is 5.97 Å². The Hall–Kier alpha value is -1.75. The Balaban J connectivity index is 2.88. The van der Waals surface area contributed by atoms with Gasteiger partial charge < -0.3 is 10.4 Å². The number of carbonyl (C=O) groups is 2. The molecule has 1 amide bonds. The van der Waals surface area contributed by atoms with Crippen molar-refractivity contribution in [3.8, 4) is 0 Å². The number of nitrogens with one attached hydrogen (secondary N) is 1. The van der Waals surface area contributed by atoms with Crippen LogP contribution in [0.4, 0.5) is 0 Å². The van der Waals surface area contributed by atoms with Gasteiger partial charge in [0.2, 0.25) is 0 Å². The molecule has 4 nitrogen and oxygen atoms in total. The topological polar surface area (TPSA) is 66.4 Å². The van der Waals surface area contributed by atoms with Crippen molar-refractivity contribution in [3.63, 3.8) is 0 Å². The highest BCUT2D eigenvalue weighted by Crippen LogP contribution is 2.15. The lowest BCUT2D eigenvalue weighted by molar-refractivity contribution is -0.131. The molecule has 102 valence electrons. The maximum Gasteiger partial charge on any atom is 0.328 e. The normalized spacial score (nSPS) is 10.6. The number of aliphatic carboxylic acids is 1. The molecule has 0 aliphatic rings. The van der Waals surface area contributed by atoms with E-state index >= 15 is 0 Å². The van der Waals surface area contributed by atoms with E-state index in [9.17, 15) is 9.59 Å². The van der Waals surface area contributed by atoms with Gasteiger partial charge in [-0.3, -0.25) is 4.79 Å². The van der Waals surface area contributed by atoms with Crippen LogP contribution in [0.3, 0.4) is 0 Å². The predicted molar refractivity (Wildman–Crippen MR) is 78.6 cm³/mol. The Morgan fingerprint density at radius 3 is 2.79 bits per heavy atom. The second-order valence-electron chi connectivity index (χ2n) is 3.94. The zero-order chi connectivity index (χ0) is 14.3. The van der Waals surface area contributed by atoms with Crippen LogP contribution in [0.5, 0.6) is 0 Å². The van der Waals surface area contributed by atoms with Gasteiger partial charge in [-0.2, -0.15) is 11.8 Å². The number of hydrogen-bond donors (Lipinski definition) is 2. The Bertz CT molecular complexity index is 497. The Labute approximate surface area is 116 Å². The molecule has 19 heavy (non-hydrogen) atoms. The van der Waals surface area contributed by atoms with Gasteiger partial charge in [0.05, 0.1) is 0 Å². The van der Waals surface area contributed by atoms with Crippen LogP contribution in [0.2, 0.25) is 0 Å². The molecule has 0 radical (unpaired) electrons. The van der Waals surface area contributed by atoms with Crippen LogP contribution in [0, 0.1) is 6.92 Å². The third kappa shape index (κ3) is 4.79. The minimum absolute atomic E-state index is 0.128. The summed E-state index contributed by atoms with van der Waals surface area (Å²) in [6.45, 7) is 2.43. The van der Waals surface area contributed by atoms with Crippen LogP contribution in [0.15, 0.2) is 24.3 Å². The highest BCUT2D eigenvalue weighted by atomic mass is 32.2. The maximum absolute atomic E-state index is 12.0. The van der Waals surface area contributed by atoms with E-state index in [1.165, 1.54) is 6.08 Å². The first kappa shape index (κ1) is 15.3. The summed E-state index contributed by atoms with van der Waals surface area (Å²) < 4.78 is 0. The van der Waals surface area contributed by atoms with Gasteiger partial charge in [-0.25, -0.2) is 4.79 Å². The summed E-state index contributed by atoms with van der Waals surface area (Å²) >= 11 is 1.67. The van der Waals surface area contributed by atoms with Gasteiger partial charge in [-0.1, -0.05) is 12.1 Å². The van der Waals surface area contributed by atoms with E-state index in [1.54, 1.807) is 30.0 Å². The number of thioether (sulfide) groups is 1. The van der Waals surface area contributed by atoms with Gasteiger partial charge in [-0.05, 0) is 36.4 Å². The lowest BCUT2D eigenvalue weighted by Gasteiger charge is -2.09. The second kappa shape index (κ2) is 7.63.